The lowest BCUT2D eigenvalue weighted by Crippen LogP contribution is -2.37. The molecule has 0 unspecified atom stereocenters. The molecule has 17 heavy (non-hydrogen) atoms. The van der Waals surface area contributed by atoms with Crippen molar-refractivity contribution in [1.82, 2.24) is 10.3 Å². The zero-order chi connectivity index (χ0) is 12.9. The van der Waals surface area contributed by atoms with Crippen molar-refractivity contribution in [2.45, 2.75) is 27.2 Å². The van der Waals surface area contributed by atoms with Crippen LogP contribution in [0.4, 0.5) is 0 Å². The molecule has 4 heteroatoms. The largest absolute Gasteiger partial charge is 0.396 e. The number of amides is 1. The molecule has 1 amide bonds. The number of hydrogen-bond acceptors (Lipinski definition) is 3. The molecule has 0 bridgehead atoms. The highest BCUT2D eigenvalue weighted by Gasteiger charge is 2.17. The fourth-order valence-corrected chi connectivity index (χ4v) is 1.31. The molecule has 0 fully saturated rings. The maximum absolute atomic E-state index is 11.7. The Morgan fingerprint density at radius 2 is 2.24 bits per heavy atom. The highest BCUT2D eigenvalue weighted by atomic mass is 16.3. The van der Waals surface area contributed by atoms with Crippen molar-refractivity contribution in [3.8, 4) is 0 Å². The fourth-order valence-electron chi connectivity index (χ4n) is 1.31. The summed E-state index contributed by atoms with van der Waals surface area (Å²) < 4.78 is 0. The molecular formula is C13H20N2O2. The Morgan fingerprint density at radius 1 is 1.53 bits per heavy atom. The summed E-state index contributed by atoms with van der Waals surface area (Å²) in [5, 5.41) is 11.9. The number of aliphatic hydroxyl groups is 1. The number of aromatic nitrogens is 1. The molecule has 0 aliphatic heterocycles. The Kier molecular flexibility index (Phi) is 4.63. The van der Waals surface area contributed by atoms with E-state index in [4.69, 9.17) is 5.11 Å². The molecule has 94 valence electrons. The van der Waals surface area contributed by atoms with Gasteiger partial charge in [-0.1, -0.05) is 19.9 Å². The van der Waals surface area contributed by atoms with Gasteiger partial charge in [0.15, 0.2) is 0 Å². The predicted molar refractivity (Wildman–Crippen MR) is 66.6 cm³/mol. The summed E-state index contributed by atoms with van der Waals surface area (Å²) in [5.41, 5.74) is 1.53. The average molecular weight is 236 g/mol. The summed E-state index contributed by atoms with van der Waals surface area (Å²) in [6.45, 7) is 6.26. The van der Waals surface area contributed by atoms with Crippen molar-refractivity contribution in [1.29, 1.82) is 0 Å². The Morgan fingerprint density at radius 3 is 2.82 bits per heavy atom. The smallest absolute Gasteiger partial charge is 0.226 e. The zero-order valence-corrected chi connectivity index (χ0v) is 10.7. The summed E-state index contributed by atoms with van der Waals surface area (Å²) in [5.74, 6) is -0.0617. The molecule has 4 nitrogen and oxygen atoms in total. The van der Waals surface area contributed by atoms with Crippen LogP contribution >= 0.6 is 0 Å². The van der Waals surface area contributed by atoms with Crippen molar-refractivity contribution in [2.24, 2.45) is 5.41 Å². The van der Waals surface area contributed by atoms with E-state index < -0.39 is 0 Å². The molecule has 0 aromatic carbocycles. The van der Waals surface area contributed by atoms with E-state index in [1.54, 1.807) is 6.20 Å². The second kappa shape index (κ2) is 5.77. The Labute approximate surface area is 102 Å². The minimum absolute atomic E-state index is 0.0515. The second-order valence-corrected chi connectivity index (χ2v) is 5.04. The van der Waals surface area contributed by atoms with Crippen LogP contribution < -0.4 is 5.32 Å². The van der Waals surface area contributed by atoms with E-state index >= 15 is 0 Å². The van der Waals surface area contributed by atoms with Crippen LogP contribution in [-0.4, -0.2) is 29.1 Å². The van der Waals surface area contributed by atoms with Crippen LogP contribution in [0.3, 0.4) is 0 Å². The van der Waals surface area contributed by atoms with Gasteiger partial charge in [-0.2, -0.15) is 0 Å². The number of rotatable bonds is 5. The van der Waals surface area contributed by atoms with Crippen LogP contribution in [0, 0.1) is 12.3 Å². The van der Waals surface area contributed by atoms with Crippen LogP contribution in [0.1, 0.15) is 25.1 Å². The van der Waals surface area contributed by atoms with Gasteiger partial charge in [-0.3, -0.25) is 9.78 Å². The molecule has 0 saturated heterocycles. The van der Waals surface area contributed by atoms with Crippen molar-refractivity contribution < 1.29 is 9.90 Å². The van der Waals surface area contributed by atoms with Crippen molar-refractivity contribution >= 4 is 5.91 Å². The summed E-state index contributed by atoms with van der Waals surface area (Å²) >= 11 is 0. The van der Waals surface area contributed by atoms with E-state index in [0.29, 0.717) is 6.54 Å². The second-order valence-electron chi connectivity index (χ2n) is 5.04. The molecule has 1 rings (SSSR count). The van der Waals surface area contributed by atoms with E-state index in [0.717, 1.165) is 11.3 Å². The van der Waals surface area contributed by atoms with Gasteiger partial charge in [0.1, 0.15) is 0 Å². The summed E-state index contributed by atoms with van der Waals surface area (Å²) in [4.78, 5) is 15.9. The maximum Gasteiger partial charge on any atom is 0.226 e. The van der Waals surface area contributed by atoms with E-state index in [1.165, 1.54) is 0 Å². The standard InChI is InChI=1S/C13H20N2O2/c1-10-5-4-6-14-11(10)7-12(17)15-8-13(2,3)9-16/h4-6,16H,7-9H2,1-3H3,(H,15,17). The van der Waals surface area contributed by atoms with Gasteiger partial charge in [0.05, 0.1) is 12.1 Å². The van der Waals surface area contributed by atoms with Gasteiger partial charge in [-0.15, -0.1) is 0 Å². The number of carbonyl (C=O) groups is 1. The molecule has 1 aromatic rings. The van der Waals surface area contributed by atoms with Crippen LogP contribution in [-0.2, 0) is 11.2 Å². The van der Waals surface area contributed by atoms with Gasteiger partial charge < -0.3 is 10.4 Å². The minimum atomic E-state index is -0.283. The Bertz CT molecular complexity index is 389. The third kappa shape index (κ3) is 4.53. The number of carbonyl (C=O) groups excluding carboxylic acids is 1. The molecule has 0 radical (unpaired) electrons. The highest BCUT2D eigenvalue weighted by Crippen LogP contribution is 2.11. The molecule has 0 atom stereocenters. The number of aliphatic hydroxyl groups excluding tert-OH is 1. The molecule has 0 aliphatic carbocycles. The van der Waals surface area contributed by atoms with Crippen molar-refractivity contribution in [3.05, 3.63) is 29.6 Å². The highest BCUT2D eigenvalue weighted by molar-refractivity contribution is 5.78. The van der Waals surface area contributed by atoms with Gasteiger partial charge >= 0.3 is 0 Å². The first-order chi connectivity index (χ1) is 7.94. The first-order valence-electron chi connectivity index (χ1n) is 5.73. The monoisotopic (exact) mass is 236 g/mol. The number of hydrogen-bond donors (Lipinski definition) is 2. The van der Waals surface area contributed by atoms with E-state index in [2.05, 4.69) is 10.3 Å². The van der Waals surface area contributed by atoms with Gasteiger partial charge in [0.25, 0.3) is 0 Å². The van der Waals surface area contributed by atoms with Crippen LogP contribution in [0.5, 0.6) is 0 Å². The zero-order valence-electron chi connectivity index (χ0n) is 10.7. The molecule has 2 N–H and O–H groups in total. The van der Waals surface area contributed by atoms with Gasteiger partial charge in [-0.05, 0) is 18.6 Å². The van der Waals surface area contributed by atoms with E-state index in [1.807, 2.05) is 32.9 Å². The lowest BCUT2D eigenvalue weighted by atomic mass is 9.95. The topological polar surface area (TPSA) is 62.2 Å². The third-order valence-electron chi connectivity index (χ3n) is 2.64. The lowest BCUT2D eigenvalue weighted by molar-refractivity contribution is -0.121. The average Bonchev–Trinajstić information content (AvgIpc) is 2.30. The number of pyridine rings is 1. The normalized spacial score (nSPS) is 11.3. The maximum atomic E-state index is 11.7. The summed E-state index contributed by atoms with van der Waals surface area (Å²) in [6, 6.07) is 3.79. The lowest BCUT2D eigenvalue weighted by Gasteiger charge is -2.21. The van der Waals surface area contributed by atoms with Crippen molar-refractivity contribution in [2.75, 3.05) is 13.2 Å². The minimum Gasteiger partial charge on any atom is -0.396 e. The molecule has 0 saturated carbocycles. The SMILES string of the molecule is Cc1cccnc1CC(=O)NCC(C)(C)CO. The quantitative estimate of drug-likeness (QED) is 0.803. The van der Waals surface area contributed by atoms with E-state index in [9.17, 15) is 4.79 Å². The van der Waals surface area contributed by atoms with Crippen LogP contribution in [0.25, 0.3) is 0 Å². The van der Waals surface area contributed by atoms with Gasteiger partial charge in [0, 0.05) is 24.8 Å². The van der Waals surface area contributed by atoms with E-state index in [-0.39, 0.29) is 24.3 Å². The number of aryl methyl sites for hydroxylation is 1. The number of nitrogens with zero attached hydrogens (tertiary/aromatic N) is 1. The Hall–Kier alpha value is -1.42. The van der Waals surface area contributed by atoms with Gasteiger partial charge in [-0.25, -0.2) is 0 Å². The molecule has 1 aromatic heterocycles. The van der Waals surface area contributed by atoms with Crippen LogP contribution in [0.2, 0.25) is 0 Å². The third-order valence-corrected chi connectivity index (χ3v) is 2.64. The molecule has 0 spiro atoms. The molecular weight excluding hydrogens is 216 g/mol. The first kappa shape index (κ1) is 13.6. The number of nitrogens with one attached hydrogen (secondary N) is 1. The summed E-state index contributed by atoms with van der Waals surface area (Å²) in [6.07, 6.45) is 1.97. The fraction of sp³-hybridized carbons (Fsp3) is 0.538. The Balaban J connectivity index is 2.48. The van der Waals surface area contributed by atoms with Gasteiger partial charge in [0.2, 0.25) is 5.91 Å². The summed E-state index contributed by atoms with van der Waals surface area (Å²) in [7, 11) is 0. The van der Waals surface area contributed by atoms with Crippen LogP contribution in [0.15, 0.2) is 18.3 Å². The molecule has 1 heterocycles. The first-order valence-corrected chi connectivity index (χ1v) is 5.73. The van der Waals surface area contributed by atoms with Crippen molar-refractivity contribution in [3.63, 3.8) is 0 Å². The predicted octanol–water partition coefficient (Wildman–Crippen LogP) is 1.07. The molecule has 0 aliphatic rings.